The summed E-state index contributed by atoms with van der Waals surface area (Å²) >= 11 is 3.02. The quantitative estimate of drug-likeness (QED) is 0.884. The summed E-state index contributed by atoms with van der Waals surface area (Å²) < 4.78 is 7.41. The number of ether oxygens (including phenoxy) is 1. The Kier molecular flexibility index (Phi) is 4.15. The fraction of sp³-hybridized carbons (Fsp3) is 0.429. The lowest BCUT2D eigenvalue weighted by atomic mass is 10.2. The van der Waals surface area contributed by atoms with Gasteiger partial charge in [0.05, 0.1) is 4.88 Å². The van der Waals surface area contributed by atoms with Gasteiger partial charge in [0, 0.05) is 9.40 Å². The molecular weight excluding hydrogens is 294 g/mol. The van der Waals surface area contributed by atoms with Crippen molar-refractivity contribution in [2.75, 3.05) is 0 Å². The molecule has 0 aliphatic rings. The molecule has 0 unspecified atom stereocenters. The Morgan fingerprint density at radius 3 is 2.60 bits per heavy atom. The van der Waals surface area contributed by atoms with Crippen LogP contribution in [0.2, 0.25) is 0 Å². The zero-order valence-corrected chi connectivity index (χ0v) is 13.5. The highest BCUT2D eigenvalue weighted by molar-refractivity contribution is 7.27. The molecule has 0 aliphatic carbocycles. The van der Waals surface area contributed by atoms with Crippen molar-refractivity contribution >= 4 is 43.9 Å². The fourth-order valence-corrected chi connectivity index (χ4v) is 3.61. The maximum Gasteiger partial charge on any atom is 0.328 e. The smallest absolute Gasteiger partial charge is 0.328 e. The maximum absolute atomic E-state index is 12.1. The van der Waals surface area contributed by atoms with Crippen molar-refractivity contribution in [3.8, 4) is 0 Å². The van der Waals surface area contributed by atoms with E-state index in [1.54, 1.807) is 39.0 Å². The summed E-state index contributed by atoms with van der Waals surface area (Å²) in [7, 11) is 0. The van der Waals surface area contributed by atoms with Crippen molar-refractivity contribution in [3.63, 3.8) is 0 Å². The number of esters is 1. The second-order valence-corrected chi connectivity index (χ2v) is 7.52. The van der Waals surface area contributed by atoms with Crippen LogP contribution in [-0.4, -0.2) is 23.5 Å². The van der Waals surface area contributed by atoms with E-state index in [-0.39, 0.29) is 5.91 Å². The van der Waals surface area contributed by atoms with E-state index in [1.165, 1.54) is 11.3 Å². The van der Waals surface area contributed by atoms with Gasteiger partial charge >= 0.3 is 5.97 Å². The van der Waals surface area contributed by atoms with Crippen molar-refractivity contribution in [3.05, 3.63) is 22.4 Å². The third kappa shape index (κ3) is 3.58. The van der Waals surface area contributed by atoms with Crippen LogP contribution in [0.5, 0.6) is 0 Å². The van der Waals surface area contributed by atoms with Gasteiger partial charge in [-0.05, 0) is 45.2 Å². The fourth-order valence-electron chi connectivity index (χ4n) is 1.59. The molecule has 2 aromatic heterocycles. The number of carbonyl (C=O) groups is 2. The summed E-state index contributed by atoms with van der Waals surface area (Å²) in [5, 5.41) is 4.66. The lowest BCUT2D eigenvalue weighted by Gasteiger charge is -2.22. The molecule has 108 valence electrons. The number of thiophene rings is 2. The lowest BCUT2D eigenvalue weighted by molar-refractivity contribution is -0.156. The summed E-state index contributed by atoms with van der Waals surface area (Å²) in [5.41, 5.74) is -0.554. The highest BCUT2D eigenvalue weighted by atomic mass is 32.1. The van der Waals surface area contributed by atoms with Crippen molar-refractivity contribution < 1.29 is 14.3 Å². The lowest BCUT2D eigenvalue weighted by Crippen LogP contribution is -2.41. The van der Waals surface area contributed by atoms with Crippen LogP contribution in [0.15, 0.2) is 17.5 Å². The van der Waals surface area contributed by atoms with Gasteiger partial charge in [-0.2, -0.15) is 0 Å². The summed E-state index contributed by atoms with van der Waals surface area (Å²) in [6.07, 6.45) is 0. The number of hydrogen-bond acceptors (Lipinski definition) is 5. The Balaban J connectivity index is 2.00. The van der Waals surface area contributed by atoms with Gasteiger partial charge in [-0.15, -0.1) is 22.7 Å². The molecule has 0 radical (unpaired) electrons. The standard InChI is InChI=1S/C14H17NO3S2/c1-8(13(17)18-14(2,3)4)15-12(16)11-7-10-9(20-11)5-6-19-10/h5-8H,1-4H3,(H,15,16)/t8-/m1/s1. The Labute approximate surface area is 125 Å². The normalized spacial score (nSPS) is 13.2. The van der Waals surface area contributed by atoms with Gasteiger partial charge in [-0.1, -0.05) is 0 Å². The first-order valence-electron chi connectivity index (χ1n) is 6.27. The SMILES string of the molecule is C[C@@H](NC(=O)c1cc2sccc2s1)C(=O)OC(C)(C)C. The number of carbonyl (C=O) groups excluding carboxylic acids is 2. The molecule has 0 spiro atoms. The number of rotatable bonds is 3. The van der Waals surface area contributed by atoms with Gasteiger partial charge in [-0.25, -0.2) is 4.79 Å². The Morgan fingerprint density at radius 2 is 2.00 bits per heavy atom. The summed E-state index contributed by atoms with van der Waals surface area (Å²) in [6.45, 7) is 7.02. The molecule has 0 saturated carbocycles. The van der Waals surface area contributed by atoms with Gasteiger partial charge in [0.25, 0.3) is 5.91 Å². The molecule has 2 heterocycles. The van der Waals surface area contributed by atoms with Crippen molar-refractivity contribution in [2.45, 2.75) is 39.3 Å². The zero-order valence-electron chi connectivity index (χ0n) is 11.9. The first-order chi connectivity index (χ1) is 9.26. The topological polar surface area (TPSA) is 55.4 Å². The van der Waals surface area contributed by atoms with E-state index in [1.807, 2.05) is 17.5 Å². The van der Waals surface area contributed by atoms with Crippen LogP contribution >= 0.6 is 22.7 Å². The molecule has 4 nitrogen and oxygen atoms in total. The van der Waals surface area contributed by atoms with Gasteiger partial charge in [-0.3, -0.25) is 4.79 Å². The van der Waals surface area contributed by atoms with Crippen LogP contribution < -0.4 is 5.32 Å². The minimum absolute atomic E-state index is 0.239. The molecule has 6 heteroatoms. The molecule has 1 atom stereocenters. The second kappa shape index (κ2) is 5.54. The second-order valence-electron chi connectivity index (χ2n) is 5.49. The van der Waals surface area contributed by atoms with E-state index < -0.39 is 17.6 Å². The maximum atomic E-state index is 12.1. The molecule has 1 amide bonds. The predicted octanol–water partition coefficient (Wildman–Crippen LogP) is 3.42. The van der Waals surface area contributed by atoms with Crippen LogP contribution in [0.4, 0.5) is 0 Å². The van der Waals surface area contributed by atoms with Crippen molar-refractivity contribution in [1.82, 2.24) is 5.32 Å². The third-order valence-corrected chi connectivity index (χ3v) is 4.56. The summed E-state index contributed by atoms with van der Waals surface area (Å²) in [6, 6.07) is 3.17. The van der Waals surface area contributed by atoms with E-state index in [4.69, 9.17) is 4.74 Å². The third-order valence-electron chi connectivity index (χ3n) is 2.47. The summed E-state index contributed by atoms with van der Waals surface area (Å²) in [4.78, 5) is 24.5. The van der Waals surface area contributed by atoms with Crippen LogP contribution in [-0.2, 0) is 9.53 Å². The van der Waals surface area contributed by atoms with Crippen LogP contribution in [0.3, 0.4) is 0 Å². The minimum Gasteiger partial charge on any atom is -0.458 e. The van der Waals surface area contributed by atoms with Crippen molar-refractivity contribution in [2.24, 2.45) is 0 Å². The van der Waals surface area contributed by atoms with Gasteiger partial charge in [0.15, 0.2) is 0 Å². The number of fused-ring (bicyclic) bond motifs is 1. The molecule has 0 fully saturated rings. The van der Waals surface area contributed by atoms with E-state index in [9.17, 15) is 9.59 Å². The largest absolute Gasteiger partial charge is 0.458 e. The van der Waals surface area contributed by atoms with Gasteiger partial charge < -0.3 is 10.1 Å². The molecule has 1 N–H and O–H groups in total. The number of amides is 1. The first kappa shape index (κ1) is 15.0. The average molecular weight is 311 g/mol. The Morgan fingerprint density at radius 1 is 1.30 bits per heavy atom. The average Bonchev–Trinajstić information content (AvgIpc) is 2.85. The number of nitrogens with one attached hydrogen (secondary N) is 1. The van der Waals surface area contributed by atoms with E-state index in [0.717, 1.165) is 9.40 Å². The Hall–Kier alpha value is -1.40. The highest BCUT2D eigenvalue weighted by Gasteiger charge is 2.24. The minimum atomic E-state index is -0.665. The molecule has 2 rings (SSSR count). The van der Waals surface area contributed by atoms with Gasteiger partial charge in [0.2, 0.25) is 0 Å². The summed E-state index contributed by atoms with van der Waals surface area (Å²) in [5.74, 6) is -0.666. The molecular formula is C14H17NO3S2. The number of hydrogen-bond donors (Lipinski definition) is 1. The van der Waals surface area contributed by atoms with Crippen molar-refractivity contribution in [1.29, 1.82) is 0 Å². The molecule has 0 saturated heterocycles. The first-order valence-corrected chi connectivity index (χ1v) is 7.96. The van der Waals surface area contributed by atoms with Crippen LogP contribution in [0, 0.1) is 0 Å². The predicted molar refractivity (Wildman–Crippen MR) is 82.5 cm³/mol. The van der Waals surface area contributed by atoms with E-state index >= 15 is 0 Å². The molecule has 0 bridgehead atoms. The highest BCUT2D eigenvalue weighted by Crippen LogP contribution is 2.29. The van der Waals surface area contributed by atoms with Gasteiger partial charge in [0.1, 0.15) is 11.6 Å². The molecule has 2 aromatic rings. The van der Waals surface area contributed by atoms with Crippen LogP contribution in [0.25, 0.3) is 9.40 Å². The zero-order chi connectivity index (χ0) is 14.9. The monoisotopic (exact) mass is 311 g/mol. The molecule has 0 aliphatic heterocycles. The van der Waals surface area contributed by atoms with E-state index in [2.05, 4.69) is 5.32 Å². The molecule has 20 heavy (non-hydrogen) atoms. The van der Waals surface area contributed by atoms with E-state index in [0.29, 0.717) is 4.88 Å². The van der Waals surface area contributed by atoms with Crippen LogP contribution in [0.1, 0.15) is 37.4 Å². The Bertz CT molecular complexity index is 608. The molecule has 0 aromatic carbocycles.